The van der Waals surface area contributed by atoms with Crippen molar-refractivity contribution in [2.24, 2.45) is 5.73 Å². The number of ketones is 1. The monoisotopic (exact) mass is 203 g/mol. The third-order valence-electron chi connectivity index (χ3n) is 1.86. The standard InChI is InChI=1S/C12H13NO2/c13-9-12(15)11-6-4-10(5-7-11)3-1-2-8-14/h4-7,14H,2,8-9,13H2. The van der Waals surface area contributed by atoms with Crippen LogP contribution in [0.15, 0.2) is 24.3 Å². The van der Waals surface area contributed by atoms with E-state index in [4.69, 9.17) is 10.8 Å². The Bertz CT molecular complexity index is 384. The van der Waals surface area contributed by atoms with Crippen molar-refractivity contribution >= 4 is 5.78 Å². The number of benzene rings is 1. The highest BCUT2D eigenvalue weighted by atomic mass is 16.2. The first-order valence-corrected chi connectivity index (χ1v) is 4.71. The van der Waals surface area contributed by atoms with Crippen molar-refractivity contribution in [3.63, 3.8) is 0 Å². The van der Waals surface area contributed by atoms with Gasteiger partial charge in [-0.3, -0.25) is 4.79 Å². The molecule has 3 N–H and O–H groups in total. The summed E-state index contributed by atoms with van der Waals surface area (Å²) in [5.74, 6) is 5.60. The number of carbonyl (C=O) groups is 1. The number of hydrogen-bond acceptors (Lipinski definition) is 3. The Balaban J connectivity index is 2.73. The fraction of sp³-hybridized carbons (Fsp3) is 0.250. The van der Waals surface area contributed by atoms with Gasteiger partial charge in [0.1, 0.15) is 0 Å². The molecule has 3 nitrogen and oxygen atoms in total. The smallest absolute Gasteiger partial charge is 0.176 e. The molecule has 0 heterocycles. The van der Waals surface area contributed by atoms with Crippen LogP contribution in [0.2, 0.25) is 0 Å². The quantitative estimate of drug-likeness (QED) is 0.557. The molecule has 0 atom stereocenters. The van der Waals surface area contributed by atoms with Crippen LogP contribution in [0.25, 0.3) is 0 Å². The normalized spacial score (nSPS) is 9.20. The van der Waals surface area contributed by atoms with Gasteiger partial charge in [-0.15, -0.1) is 0 Å². The van der Waals surface area contributed by atoms with Crippen LogP contribution in [-0.4, -0.2) is 24.0 Å². The first kappa shape index (κ1) is 11.4. The second-order valence-electron chi connectivity index (χ2n) is 2.98. The molecule has 3 heteroatoms. The molecule has 1 rings (SSSR count). The second kappa shape index (κ2) is 5.97. The first-order chi connectivity index (χ1) is 7.27. The zero-order valence-electron chi connectivity index (χ0n) is 8.36. The molecule has 1 aromatic carbocycles. The van der Waals surface area contributed by atoms with Gasteiger partial charge in [0.2, 0.25) is 0 Å². The SMILES string of the molecule is NCC(=O)c1ccc(C#CCCO)cc1. The van der Waals surface area contributed by atoms with E-state index in [9.17, 15) is 4.79 Å². The molecule has 0 radical (unpaired) electrons. The molecule has 0 unspecified atom stereocenters. The zero-order valence-corrected chi connectivity index (χ0v) is 8.36. The summed E-state index contributed by atoms with van der Waals surface area (Å²) in [7, 11) is 0. The Morgan fingerprint density at radius 2 is 2.00 bits per heavy atom. The maximum Gasteiger partial charge on any atom is 0.176 e. The van der Waals surface area contributed by atoms with E-state index in [0.717, 1.165) is 5.56 Å². The summed E-state index contributed by atoms with van der Waals surface area (Å²) >= 11 is 0. The molecule has 0 aliphatic heterocycles. The number of rotatable bonds is 3. The van der Waals surface area contributed by atoms with E-state index < -0.39 is 0 Å². The molecule has 1 aromatic rings. The summed E-state index contributed by atoms with van der Waals surface area (Å²) in [5, 5.41) is 8.53. The van der Waals surface area contributed by atoms with Gasteiger partial charge in [0, 0.05) is 17.5 Å². The maximum atomic E-state index is 11.2. The lowest BCUT2D eigenvalue weighted by atomic mass is 10.1. The molecular weight excluding hydrogens is 190 g/mol. The van der Waals surface area contributed by atoms with Crippen LogP contribution in [0.5, 0.6) is 0 Å². The summed E-state index contributed by atoms with van der Waals surface area (Å²) in [6.45, 7) is 0.0896. The summed E-state index contributed by atoms with van der Waals surface area (Å²) in [6, 6.07) is 6.96. The lowest BCUT2D eigenvalue weighted by Crippen LogP contribution is -2.13. The van der Waals surface area contributed by atoms with Crippen LogP contribution >= 0.6 is 0 Å². The molecule has 78 valence electrons. The van der Waals surface area contributed by atoms with Gasteiger partial charge in [-0.1, -0.05) is 24.0 Å². The van der Waals surface area contributed by atoms with Crippen LogP contribution in [0.3, 0.4) is 0 Å². The third-order valence-corrected chi connectivity index (χ3v) is 1.86. The lowest BCUT2D eigenvalue weighted by Gasteiger charge is -1.96. The highest BCUT2D eigenvalue weighted by Crippen LogP contribution is 2.03. The van der Waals surface area contributed by atoms with E-state index in [0.29, 0.717) is 12.0 Å². The van der Waals surface area contributed by atoms with Crippen molar-refractivity contribution in [2.75, 3.05) is 13.2 Å². The predicted octanol–water partition coefficient (Wildman–Crippen LogP) is 0.562. The summed E-state index contributed by atoms with van der Waals surface area (Å²) in [6.07, 6.45) is 0.462. The number of Topliss-reactive ketones (excluding diaryl/α,β-unsaturated/α-hetero) is 1. The van der Waals surface area contributed by atoms with Gasteiger partial charge in [-0.2, -0.15) is 0 Å². The van der Waals surface area contributed by atoms with Gasteiger partial charge in [0.05, 0.1) is 13.2 Å². The van der Waals surface area contributed by atoms with Crippen molar-refractivity contribution in [2.45, 2.75) is 6.42 Å². The van der Waals surface area contributed by atoms with Crippen molar-refractivity contribution in [1.82, 2.24) is 0 Å². The highest BCUT2D eigenvalue weighted by molar-refractivity contribution is 5.97. The molecule has 0 saturated carbocycles. The Kier molecular flexibility index (Phi) is 4.55. The van der Waals surface area contributed by atoms with Gasteiger partial charge >= 0.3 is 0 Å². The van der Waals surface area contributed by atoms with Crippen molar-refractivity contribution in [1.29, 1.82) is 0 Å². The fourth-order valence-electron chi connectivity index (χ4n) is 1.08. The molecular formula is C12H13NO2. The van der Waals surface area contributed by atoms with Crippen LogP contribution in [0, 0.1) is 11.8 Å². The van der Waals surface area contributed by atoms with E-state index in [2.05, 4.69) is 11.8 Å². The Labute approximate surface area is 88.9 Å². The van der Waals surface area contributed by atoms with E-state index in [-0.39, 0.29) is 18.9 Å². The van der Waals surface area contributed by atoms with Crippen LogP contribution in [0.1, 0.15) is 22.3 Å². The van der Waals surface area contributed by atoms with Crippen molar-refractivity contribution in [3.8, 4) is 11.8 Å². The van der Waals surface area contributed by atoms with Crippen molar-refractivity contribution in [3.05, 3.63) is 35.4 Å². The average Bonchev–Trinajstić information content (AvgIpc) is 2.29. The van der Waals surface area contributed by atoms with E-state index in [1.165, 1.54) is 0 Å². The second-order valence-corrected chi connectivity index (χ2v) is 2.98. The number of nitrogens with two attached hydrogens (primary N) is 1. The summed E-state index contributed by atoms with van der Waals surface area (Å²) < 4.78 is 0. The van der Waals surface area contributed by atoms with Crippen LogP contribution < -0.4 is 5.73 Å². The van der Waals surface area contributed by atoms with Crippen molar-refractivity contribution < 1.29 is 9.90 Å². The highest BCUT2D eigenvalue weighted by Gasteiger charge is 2.01. The van der Waals surface area contributed by atoms with E-state index in [1.807, 2.05) is 0 Å². The summed E-state index contributed by atoms with van der Waals surface area (Å²) in [4.78, 5) is 11.2. The Hall–Kier alpha value is -1.63. The molecule has 15 heavy (non-hydrogen) atoms. The maximum absolute atomic E-state index is 11.2. The van der Waals surface area contributed by atoms with Gasteiger partial charge in [0.25, 0.3) is 0 Å². The minimum Gasteiger partial charge on any atom is -0.395 e. The molecule has 0 saturated heterocycles. The predicted molar refractivity (Wildman–Crippen MR) is 58.4 cm³/mol. The molecule has 0 aliphatic rings. The topological polar surface area (TPSA) is 63.3 Å². The number of hydrogen-bond donors (Lipinski definition) is 2. The van der Waals surface area contributed by atoms with Gasteiger partial charge < -0.3 is 10.8 Å². The lowest BCUT2D eigenvalue weighted by molar-refractivity contribution is 0.100. The number of aliphatic hydroxyl groups excluding tert-OH is 1. The molecule has 0 fully saturated rings. The minimum atomic E-state index is -0.0788. The van der Waals surface area contributed by atoms with Gasteiger partial charge in [0.15, 0.2) is 5.78 Å². The first-order valence-electron chi connectivity index (χ1n) is 4.71. The zero-order chi connectivity index (χ0) is 11.1. The Morgan fingerprint density at radius 1 is 1.33 bits per heavy atom. The van der Waals surface area contributed by atoms with E-state index in [1.54, 1.807) is 24.3 Å². The molecule has 0 aromatic heterocycles. The third kappa shape index (κ3) is 3.55. The fourth-order valence-corrected chi connectivity index (χ4v) is 1.08. The van der Waals surface area contributed by atoms with Crippen LogP contribution in [-0.2, 0) is 0 Å². The average molecular weight is 203 g/mol. The Morgan fingerprint density at radius 3 is 2.53 bits per heavy atom. The largest absolute Gasteiger partial charge is 0.395 e. The van der Waals surface area contributed by atoms with Gasteiger partial charge in [-0.05, 0) is 12.1 Å². The molecule has 0 spiro atoms. The molecule has 0 bridgehead atoms. The van der Waals surface area contributed by atoms with Crippen LogP contribution in [0.4, 0.5) is 0 Å². The van der Waals surface area contributed by atoms with E-state index >= 15 is 0 Å². The number of aliphatic hydroxyl groups is 1. The summed E-state index contributed by atoms with van der Waals surface area (Å²) in [5.41, 5.74) is 6.67. The minimum absolute atomic E-state index is 0.0234. The number of carbonyl (C=O) groups excluding carboxylic acids is 1. The molecule has 0 aliphatic carbocycles. The molecule has 0 amide bonds. The van der Waals surface area contributed by atoms with Gasteiger partial charge in [-0.25, -0.2) is 0 Å².